The van der Waals surface area contributed by atoms with E-state index >= 15 is 0 Å². The Kier molecular flexibility index (Phi) is 36.2. The zero-order valence-corrected chi connectivity index (χ0v) is 44.5. The zero-order valence-electron chi connectivity index (χ0n) is 39.3. The van der Waals surface area contributed by atoms with Crippen molar-refractivity contribution in [3.63, 3.8) is 0 Å². The quantitative estimate of drug-likeness (QED) is 0.0936. The van der Waals surface area contributed by atoms with E-state index in [2.05, 4.69) is 12.5 Å². The second kappa shape index (κ2) is 34.4. The molecule has 0 aromatic rings. The first-order valence-corrected chi connectivity index (χ1v) is 27.3. The highest BCUT2D eigenvalue weighted by molar-refractivity contribution is 7.78. The zero-order chi connectivity index (χ0) is 49.0. The molecule has 3 amide bonds. The van der Waals surface area contributed by atoms with Gasteiger partial charge in [-0.25, -0.2) is 25.5 Å². The summed E-state index contributed by atoms with van der Waals surface area (Å²) in [6.45, 7) is 15.7. The fourth-order valence-corrected chi connectivity index (χ4v) is 10.5. The fraction of sp³-hybridized carbons (Fsp3) is 0.906. The topological polar surface area (TPSA) is 256 Å². The highest BCUT2D eigenvalue weighted by atomic mass is 32.2. The largest absolute Gasteiger partial charge is 0.345 e. The Morgan fingerprint density at radius 1 is 0.484 bits per heavy atom. The van der Waals surface area contributed by atoms with Gasteiger partial charge < -0.3 is 27.1 Å². The number of rotatable bonds is 30. The molecule has 0 aliphatic rings. The molecule has 0 saturated heterocycles. The van der Waals surface area contributed by atoms with Crippen LogP contribution in [0, 0.1) is 0 Å². The van der Waals surface area contributed by atoms with Gasteiger partial charge in [-0.3, -0.25) is 55.3 Å². The smallest absolute Gasteiger partial charge is 0.311 e. The fourth-order valence-electron chi connectivity index (χ4n) is 4.25. The molecule has 0 aliphatic heterocycles. The molecule has 4 unspecified atom stereocenters. The second-order valence-corrected chi connectivity index (χ2v) is 23.0. The molecule has 24 nitrogen and oxygen atoms in total. The van der Waals surface area contributed by atoms with Crippen LogP contribution in [0.1, 0.15) is 55.4 Å². The van der Waals surface area contributed by atoms with Crippen molar-refractivity contribution >= 4 is 74.3 Å². The number of likely N-dealkylation sites (N-methyl/N-ethyl adjacent to an activating group) is 6. The summed E-state index contributed by atoms with van der Waals surface area (Å²) < 4.78 is 118. The summed E-state index contributed by atoms with van der Waals surface area (Å²) in [6.07, 6.45) is -0.572. The summed E-state index contributed by atoms with van der Waals surface area (Å²) in [5, 5.41) is 0. The molecule has 0 aromatic carbocycles. The predicted molar refractivity (Wildman–Crippen MR) is 238 cm³/mol. The molecule has 0 rings (SSSR count). The van der Waals surface area contributed by atoms with Crippen LogP contribution in [0.5, 0.6) is 0 Å². The number of hydrogen-bond acceptors (Lipinski definition) is 21. The van der Waals surface area contributed by atoms with Crippen molar-refractivity contribution in [2.24, 2.45) is 0 Å². The maximum absolute atomic E-state index is 12.8. The highest BCUT2D eigenvalue weighted by Crippen LogP contribution is 2.51. The van der Waals surface area contributed by atoms with E-state index in [0.717, 1.165) is 12.9 Å². The molecule has 0 spiro atoms. The summed E-state index contributed by atoms with van der Waals surface area (Å²) in [5.41, 5.74) is 0. The van der Waals surface area contributed by atoms with Crippen LogP contribution in [0.3, 0.4) is 0 Å². The molecule has 0 radical (unpaired) electrons. The van der Waals surface area contributed by atoms with E-state index in [1.807, 2.05) is 13.8 Å². The summed E-state index contributed by atoms with van der Waals surface area (Å²) >= 11 is -5.48. The molecular weight excluding hydrogens is 945 g/mol. The monoisotopic (exact) mass is 1020 g/mol. The second-order valence-electron chi connectivity index (χ2n) is 12.8. The van der Waals surface area contributed by atoms with E-state index in [1.54, 1.807) is 56.2 Å². The van der Waals surface area contributed by atoms with Gasteiger partial charge in [0, 0.05) is 42.5 Å². The summed E-state index contributed by atoms with van der Waals surface area (Å²) in [4.78, 5) is 40.6. The Labute approximate surface area is 377 Å². The van der Waals surface area contributed by atoms with Gasteiger partial charge in [0.1, 0.15) is 18.9 Å². The van der Waals surface area contributed by atoms with E-state index in [9.17, 15) is 40.7 Å². The van der Waals surface area contributed by atoms with Crippen LogP contribution in [0.4, 0.5) is 0 Å². The van der Waals surface area contributed by atoms with Crippen molar-refractivity contribution in [3.8, 4) is 0 Å². The van der Waals surface area contributed by atoms with Crippen molar-refractivity contribution in [1.82, 2.24) is 27.6 Å². The third-order valence-corrected chi connectivity index (χ3v) is 16.4. The molecule has 0 aliphatic carbocycles. The number of amides is 3. The summed E-state index contributed by atoms with van der Waals surface area (Å²) in [7, 11) is 1.87. The van der Waals surface area contributed by atoms with Crippen molar-refractivity contribution in [2.75, 3.05) is 129 Å². The van der Waals surface area contributed by atoms with Crippen molar-refractivity contribution < 1.29 is 80.4 Å². The van der Waals surface area contributed by atoms with Crippen LogP contribution in [0.15, 0.2) is 0 Å². The molecular formula is C32H73N6O18P3S3. The first-order chi connectivity index (χ1) is 28.7. The van der Waals surface area contributed by atoms with Gasteiger partial charge in [-0.2, -0.15) is 0 Å². The number of nitrogens with zero attached hydrogens (tertiary/aromatic N) is 6. The van der Waals surface area contributed by atoms with Gasteiger partial charge in [0.05, 0.1) is 59.8 Å². The molecule has 0 saturated carbocycles. The molecule has 0 N–H and O–H groups in total. The number of carbonyl (C=O) groups is 3. The maximum Gasteiger partial charge on any atom is 0.345 e. The average Bonchev–Trinajstić information content (AvgIpc) is 3.23. The Morgan fingerprint density at radius 3 is 0.952 bits per heavy atom. The van der Waals surface area contributed by atoms with Crippen LogP contribution in [0.25, 0.3) is 0 Å². The Balaban J connectivity index is -0.000000847. The number of carbonyl (C=O) groups excluding carboxylic acids is 3. The molecule has 4 atom stereocenters. The maximum atomic E-state index is 12.8. The molecule has 30 heteroatoms. The van der Waals surface area contributed by atoms with E-state index in [-0.39, 0.29) is 57.3 Å². The lowest BCUT2D eigenvalue weighted by Crippen LogP contribution is -2.40. The first kappa shape index (κ1) is 65.3. The Morgan fingerprint density at radius 2 is 0.742 bits per heavy atom. The van der Waals surface area contributed by atoms with Crippen molar-refractivity contribution in [1.29, 1.82) is 0 Å². The Hall–Kier alpha value is -0.930. The van der Waals surface area contributed by atoms with Gasteiger partial charge in [0.2, 0.25) is 17.7 Å². The van der Waals surface area contributed by atoms with Gasteiger partial charge >= 0.3 is 22.8 Å². The van der Waals surface area contributed by atoms with Crippen LogP contribution >= 0.6 is 22.8 Å². The molecule has 372 valence electrons. The summed E-state index contributed by atoms with van der Waals surface area (Å²) in [6, 6.07) is 0. The van der Waals surface area contributed by atoms with Gasteiger partial charge in [-0.1, -0.05) is 20.8 Å². The molecule has 62 heavy (non-hydrogen) atoms. The standard InChI is InChI=1S/C13H29N2O6PS.C10H23N2O6PS.C9H21N2O6PS/c1-8-15(9-13(16)14(6)23(18)19-7)10-22(17,20-11(2)3)21-12(4)5;1-6-12(9-19(14,16-4)18-7-2)8-10(13)11(3)20(15)17-5;1-6-11(8-18(13,15-3)16-4)7-9(12)10(2)19(14)17-5/h11-12H,8-10H2,1-7H3;6-9H2,1-5H3;6-8H2,1-5H3. The lowest BCUT2D eigenvalue weighted by atomic mass is 10.5. The van der Waals surface area contributed by atoms with Crippen LogP contribution in [-0.2, 0) is 102 Å². The van der Waals surface area contributed by atoms with Crippen LogP contribution in [0.2, 0.25) is 0 Å². The minimum atomic E-state index is -3.37. The minimum absolute atomic E-state index is 0.00691. The number of hydrogen-bond donors (Lipinski definition) is 0. The minimum Gasteiger partial charge on any atom is -0.311 e. The molecule has 0 bridgehead atoms. The predicted octanol–water partition coefficient (Wildman–Crippen LogP) is 3.25. The van der Waals surface area contributed by atoms with Gasteiger partial charge in [0.25, 0.3) is 33.8 Å². The third-order valence-electron chi connectivity index (χ3n) is 7.59. The lowest BCUT2D eigenvalue weighted by Gasteiger charge is -2.28. The molecule has 0 fully saturated rings. The van der Waals surface area contributed by atoms with Crippen LogP contribution < -0.4 is 0 Å². The van der Waals surface area contributed by atoms with E-state index in [1.165, 1.54) is 63.8 Å². The van der Waals surface area contributed by atoms with Crippen LogP contribution in [-0.4, -0.2) is 199 Å². The van der Waals surface area contributed by atoms with Gasteiger partial charge in [-0.15, -0.1) is 0 Å². The van der Waals surface area contributed by atoms with Gasteiger partial charge in [0.15, 0.2) is 0 Å². The van der Waals surface area contributed by atoms with E-state index < -0.39 is 74.3 Å². The highest BCUT2D eigenvalue weighted by Gasteiger charge is 2.32. The third kappa shape index (κ3) is 27.5. The van der Waals surface area contributed by atoms with E-state index in [4.69, 9.17) is 27.1 Å². The van der Waals surface area contributed by atoms with E-state index in [0.29, 0.717) is 19.6 Å². The van der Waals surface area contributed by atoms with Gasteiger partial charge in [-0.05, 0) is 54.3 Å². The normalized spacial score (nSPS) is 14.4. The molecule has 0 aromatic heterocycles. The van der Waals surface area contributed by atoms with Crippen molar-refractivity contribution in [2.45, 2.75) is 67.6 Å². The average molecular weight is 1020 g/mol. The Bertz CT molecular complexity index is 1520. The lowest BCUT2D eigenvalue weighted by molar-refractivity contribution is -0.127. The molecule has 0 heterocycles. The summed E-state index contributed by atoms with van der Waals surface area (Å²) in [5.74, 6) is -1.24. The first-order valence-electron chi connectivity index (χ1n) is 19.0. The SMILES string of the molecule is CCN(CC(=O)N(C)S(=O)OC)CP(=O)(OC(C)C)OC(C)C.CCN(CC(=O)N(C)S(=O)OC)CP(=O)(OC)OC.CCOP(=O)(CN(CC)CC(=O)N(C)S(=O)OC)OC. The van der Waals surface area contributed by atoms with Crippen molar-refractivity contribution in [3.05, 3.63) is 0 Å².